The predicted octanol–water partition coefficient (Wildman–Crippen LogP) is 4.52. The average Bonchev–Trinajstić information content (AvgIpc) is 2.76. The number of benzene rings is 3. The van der Waals surface area contributed by atoms with Crippen LogP contribution in [0.2, 0.25) is 5.02 Å². The number of amides is 2. The van der Waals surface area contributed by atoms with Crippen LogP contribution in [-0.4, -0.2) is 23.3 Å². The largest absolute Gasteiger partial charge is 0.343 e. The molecule has 1 aliphatic heterocycles. The minimum Gasteiger partial charge on any atom is -0.343 e. The normalized spacial score (nSPS) is 14.4. The Labute approximate surface area is 175 Å². The molecule has 29 heavy (non-hydrogen) atoms. The van der Waals surface area contributed by atoms with E-state index in [0.29, 0.717) is 23.6 Å². The van der Waals surface area contributed by atoms with Crippen LogP contribution < -0.4 is 5.32 Å². The van der Waals surface area contributed by atoms with E-state index < -0.39 is 6.04 Å². The van der Waals surface area contributed by atoms with E-state index >= 15 is 0 Å². The number of halogens is 1. The number of carbonyl (C=O) groups excluding carboxylic acids is 2. The summed E-state index contributed by atoms with van der Waals surface area (Å²) in [4.78, 5) is 27.2. The lowest BCUT2D eigenvalue weighted by Gasteiger charge is -2.38. The Bertz CT molecular complexity index is 968. The molecule has 3 aromatic rings. The molecule has 146 valence electrons. The lowest BCUT2D eigenvalue weighted by Crippen LogP contribution is -2.51. The van der Waals surface area contributed by atoms with Gasteiger partial charge in [0.2, 0.25) is 11.8 Å². The van der Waals surface area contributed by atoms with E-state index in [1.807, 2.05) is 72.8 Å². The van der Waals surface area contributed by atoms with Crippen molar-refractivity contribution in [3.63, 3.8) is 0 Å². The van der Waals surface area contributed by atoms with Crippen molar-refractivity contribution < 1.29 is 9.59 Å². The van der Waals surface area contributed by atoms with E-state index in [1.54, 1.807) is 17.0 Å². The molecule has 1 atom stereocenters. The Morgan fingerprint density at radius 1 is 0.862 bits per heavy atom. The van der Waals surface area contributed by atoms with Gasteiger partial charge in [-0.25, -0.2) is 0 Å². The predicted molar refractivity (Wildman–Crippen MR) is 113 cm³/mol. The quantitative estimate of drug-likeness (QED) is 0.614. The molecule has 0 bridgehead atoms. The minimum absolute atomic E-state index is 0.0407. The lowest BCUT2D eigenvalue weighted by molar-refractivity contribution is -0.149. The van der Waals surface area contributed by atoms with Gasteiger partial charge in [-0.3, -0.25) is 9.59 Å². The van der Waals surface area contributed by atoms with Crippen molar-refractivity contribution in [2.45, 2.75) is 18.5 Å². The fraction of sp³-hybridized carbons (Fsp3) is 0.167. The fourth-order valence-corrected chi connectivity index (χ4v) is 3.86. The summed E-state index contributed by atoms with van der Waals surface area (Å²) in [6.07, 6.45) is 0.453. The molecule has 1 fully saturated rings. The minimum atomic E-state index is -0.750. The zero-order valence-corrected chi connectivity index (χ0v) is 16.5. The second kappa shape index (κ2) is 8.50. The van der Waals surface area contributed by atoms with Crippen molar-refractivity contribution in [1.29, 1.82) is 0 Å². The Kier molecular flexibility index (Phi) is 5.63. The zero-order chi connectivity index (χ0) is 20.2. The summed E-state index contributed by atoms with van der Waals surface area (Å²) in [5, 5.41) is 3.63. The van der Waals surface area contributed by atoms with Gasteiger partial charge in [0.05, 0.1) is 6.04 Å². The maximum Gasteiger partial charge on any atom is 0.248 e. The molecule has 0 aliphatic carbocycles. The molecule has 2 amide bonds. The summed E-state index contributed by atoms with van der Waals surface area (Å²) in [6.45, 7) is 0.545. The van der Waals surface area contributed by atoms with Crippen molar-refractivity contribution in [1.82, 2.24) is 10.2 Å². The SMILES string of the molecule is O=C(NC(c1ccccc1)c1ccccc1)C(c1ccccc1Cl)N1CCC1=O. The Morgan fingerprint density at radius 3 is 1.90 bits per heavy atom. The van der Waals surface area contributed by atoms with Crippen LogP contribution >= 0.6 is 11.6 Å². The van der Waals surface area contributed by atoms with Crippen LogP contribution in [0.3, 0.4) is 0 Å². The number of nitrogens with zero attached hydrogens (tertiary/aromatic N) is 1. The van der Waals surface area contributed by atoms with Gasteiger partial charge in [0.25, 0.3) is 0 Å². The molecule has 0 aromatic heterocycles. The molecule has 1 saturated heterocycles. The molecular weight excluding hydrogens is 384 g/mol. The number of nitrogens with one attached hydrogen (secondary N) is 1. The van der Waals surface area contributed by atoms with Gasteiger partial charge in [-0.1, -0.05) is 90.5 Å². The summed E-state index contributed by atoms with van der Waals surface area (Å²) < 4.78 is 0. The maximum absolute atomic E-state index is 13.5. The first kappa shape index (κ1) is 19.2. The third kappa shape index (κ3) is 4.03. The van der Waals surface area contributed by atoms with Crippen LogP contribution in [0.5, 0.6) is 0 Å². The lowest BCUT2D eigenvalue weighted by atomic mass is 9.96. The second-order valence-electron chi connectivity index (χ2n) is 7.02. The van der Waals surface area contributed by atoms with Crippen LogP contribution in [0.1, 0.15) is 35.2 Å². The topological polar surface area (TPSA) is 49.4 Å². The highest BCUT2D eigenvalue weighted by Crippen LogP contribution is 2.33. The first-order valence-electron chi connectivity index (χ1n) is 9.59. The molecule has 1 heterocycles. The highest BCUT2D eigenvalue weighted by atomic mass is 35.5. The van der Waals surface area contributed by atoms with Gasteiger partial charge < -0.3 is 10.2 Å². The highest BCUT2D eigenvalue weighted by Gasteiger charge is 2.38. The third-order valence-electron chi connectivity index (χ3n) is 5.20. The Balaban J connectivity index is 1.69. The molecule has 0 saturated carbocycles. The van der Waals surface area contributed by atoms with Crippen LogP contribution in [0.4, 0.5) is 0 Å². The van der Waals surface area contributed by atoms with Crippen LogP contribution in [0.25, 0.3) is 0 Å². The fourth-order valence-electron chi connectivity index (χ4n) is 3.62. The summed E-state index contributed by atoms with van der Waals surface area (Å²) in [6, 6.07) is 25.7. The molecule has 3 aromatic carbocycles. The van der Waals surface area contributed by atoms with Gasteiger partial charge in [0, 0.05) is 23.6 Å². The van der Waals surface area contributed by atoms with Crippen molar-refractivity contribution in [3.05, 3.63) is 107 Å². The van der Waals surface area contributed by atoms with Gasteiger partial charge >= 0.3 is 0 Å². The van der Waals surface area contributed by atoms with Crippen LogP contribution in [0.15, 0.2) is 84.9 Å². The van der Waals surface area contributed by atoms with E-state index in [0.717, 1.165) is 11.1 Å². The Hall–Kier alpha value is -3.11. The number of hydrogen-bond acceptors (Lipinski definition) is 2. The summed E-state index contributed by atoms with van der Waals surface area (Å²) >= 11 is 6.39. The standard InChI is InChI=1S/C24H21ClN2O2/c25-20-14-8-7-13-19(20)23(27-16-15-21(27)28)24(29)26-22(17-9-3-1-4-10-17)18-11-5-2-6-12-18/h1-14,22-23H,15-16H2,(H,26,29). The zero-order valence-electron chi connectivity index (χ0n) is 15.8. The van der Waals surface area contributed by atoms with E-state index in [-0.39, 0.29) is 17.9 Å². The van der Waals surface area contributed by atoms with Crippen LogP contribution in [0, 0.1) is 0 Å². The van der Waals surface area contributed by atoms with E-state index in [9.17, 15) is 9.59 Å². The van der Waals surface area contributed by atoms with Gasteiger partial charge in [0.15, 0.2) is 0 Å². The highest BCUT2D eigenvalue weighted by molar-refractivity contribution is 6.31. The van der Waals surface area contributed by atoms with Gasteiger partial charge in [0.1, 0.15) is 6.04 Å². The second-order valence-corrected chi connectivity index (χ2v) is 7.43. The molecule has 5 heteroatoms. The first-order chi connectivity index (χ1) is 14.1. The van der Waals surface area contributed by atoms with Crippen molar-refractivity contribution >= 4 is 23.4 Å². The van der Waals surface area contributed by atoms with Crippen molar-refractivity contribution in [2.24, 2.45) is 0 Å². The molecule has 0 spiro atoms. The van der Waals surface area contributed by atoms with Crippen molar-refractivity contribution in [2.75, 3.05) is 6.54 Å². The monoisotopic (exact) mass is 404 g/mol. The molecule has 0 radical (unpaired) electrons. The Morgan fingerprint density at radius 2 is 1.41 bits per heavy atom. The number of carbonyl (C=O) groups is 2. The third-order valence-corrected chi connectivity index (χ3v) is 5.54. The van der Waals surface area contributed by atoms with E-state index in [1.165, 1.54) is 0 Å². The first-order valence-corrected chi connectivity index (χ1v) is 9.97. The number of hydrogen-bond donors (Lipinski definition) is 1. The van der Waals surface area contributed by atoms with Crippen molar-refractivity contribution in [3.8, 4) is 0 Å². The average molecular weight is 405 g/mol. The number of likely N-dealkylation sites (tertiary alicyclic amines) is 1. The van der Waals surface area contributed by atoms with Gasteiger partial charge in [-0.2, -0.15) is 0 Å². The van der Waals surface area contributed by atoms with Gasteiger partial charge in [-0.15, -0.1) is 0 Å². The molecule has 4 nitrogen and oxygen atoms in total. The summed E-state index contributed by atoms with van der Waals surface area (Å²) in [7, 11) is 0. The summed E-state index contributed by atoms with van der Waals surface area (Å²) in [5.74, 6) is -0.287. The smallest absolute Gasteiger partial charge is 0.248 e. The van der Waals surface area contributed by atoms with Crippen LogP contribution in [-0.2, 0) is 9.59 Å². The number of β-lactam (4-membered cyclic amide) rings is 1. The number of rotatable bonds is 6. The van der Waals surface area contributed by atoms with E-state index in [4.69, 9.17) is 11.6 Å². The molecule has 1 unspecified atom stereocenters. The molecule has 1 aliphatic rings. The summed E-state index contributed by atoms with van der Waals surface area (Å²) in [5.41, 5.74) is 2.58. The maximum atomic E-state index is 13.5. The van der Waals surface area contributed by atoms with Gasteiger partial charge in [-0.05, 0) is 17.2 Å². The molecule has 4 rings (SSSR count). The molecular formula is C24H21ClN2O2. The van der Waals surface area contributed by atoms with E-state index in [2.05, 4.69) is 5.32 Å². The molecule has 1 N–H and O–H groups in total.